The van der Waals surface area contributed by atoms with Crippen molar-refractivity contribution in [2.45, 2.75) is 6.54 Å². The molecule has 0 spiro atoms. The highest BCUT2D eigenvalue weighted by molar-refractivity contribution is 7.13. The Morgan fingerprint density at radius 1 is 1.12 bits per heavy atom. The molecule has 0 N–H and O–H groups in total. The van der Waals surface area contributed by atoms with Gasteiger partial charge in [0.25, 0.3) is 5.56 Å². The van der Waals surface area contributed by atoms with Crippen LogP contribution in [-0.4, -0.2) is 27.1 Å². The maximum absolute atomic E-state index is 12.5. The SMILES string of the molecule is COc1ccc(-c2nc(Cn3nnc4ccccc4c3=O)cs2)cc1. The third kappa shape index (κ3) is 3.01. The van der Waals surface area contributed by atoms with Crippen LogP contribution in [0.4, 0.5) is 0 Å². The minimum atomic E-state index is -0.162. The number of nitrogens with zero attached hydrogens (tertiary/aromatic N) is 4. The molecule has 2 aromatic carbocycles. The summed E-state index contributed by atoms with van der Waals surface area (Å²) in [5.41, 5.74) is 2.22. The summed E-state index contributed by atoms with van der Waals surface area (Å²) in [4.78, 5) is 17.1. The van der Waals surface area contributed by atoms with E-state index in [9.17, 15) is 4.79 Å². The van der Waals surface area contributed by atoms with Crippen LogP contribution in [0.1, 0.15) is 5.69 Å². The number of aromatic nitrogens is 4. The van der Waals surface area contributed by atoms with Gasteiger partial charge in [-0.2, -0.15) is 0 Å². The fourth-order valence-corrected chi connectivity index (χ4v) is 3.34. The molecule has 2 heterocycles. The van der Waals surface area contributed by atoms with Crippen LogP contribution >= 0.6 is 11.3 Å². The van der Waals surface area contributed by atoms with Gasteiger partial charge in [0.2, 0.25) is 0 Å². The fraction of sp³-hybridized carbons (Fsp3) is 0.111. The molecule has 2 aromatic heterocycles. The van der Waals surface area contributed by atoms with Crippen LogP contribution in [0.25, 0.3) is 21.5 Å². The highest BCUT2D eigenvalue weighted by Crippen LogP contribution is 2.25. The van der Waals surface area contributed by atoms with Crippen LogP contribution in [0, 0.1) is 0 Å². The molecule has 0 saturated carbocycles. The monoisotopic (exact) mass is 350 g/mol. The average molecular weight is 350 g/mol. The molecule has 4 aromatic rings. The summed E-state index contributed by atoms with van der Waals surface area (Å²) >= 11 is 1.53. The van der Waals surface area contributed by atoms with Gasteiger partial charge < -0.3 is 4.74 Å². The second-order valence-corrected chi connectivity index (χ2v) is 6.30. The summed E-state index contributed by atoms with van der Waals surface area (Å²) < 4.78 is 6.51. The molecule has 0 aliphatic carbocycles. The quantitative estimate of drug-likeness (QED) is 0.566. The molecule has 0 bridgehead atoms. The van der Waals surface area contributed by atoms with E-state index in [0.29, 0.717) is 17.4 Å². The van der Waals surface area contributed by atoms with Crippen LogP contribution < -0.4 is 10.3 Å². The molecule has 0 saturated heterocycles. The number of ether oxygens (including phenoxy) is 1. The van der Waals surface area contributed by atoms with E-state index in [4.69, 9.17) is 4.74 Å². The normalized spacial score (nSPS) is 10.9. The van der Waals surface area contributed by atoms with Crippen molar-refractivity contribution in [2.24, 2.45) is 0 Å². The third-order valence-corrected chi connectivity index (χ3v) is 4.77. The van der Waals surface area contributed by atoms with Gasteiger partial charge in [0.05, 0.1) is 24.7 Å². The predicted octanol–water partition coefficient (Wildman–Crippen LogP) is 2.97. The Hall–Kier alpha value is -3.06. The van der Waals surface area contributed by atoms with E-state index in [1.165, 1.54) is 16.0 Å². The molecule has 0 unspecified atom stereocenters. The number of benzene rings is 2. The molecule has 0 aliphatic heterocycles. The third-order valence-electron chi connectivity index (χ3n) is 3.83. The van der Waals surface area contributed by atoms with E-state index < -0.39 is 0 Å². The average Bonchev–Trinajstić information content (AvgIpc) is 3.13. The first-order valence-corrected chi connectivity index (χ1v) is 8.54. The molecule has 0 atom stereocenters. The van der Waals surface area contributed by atoms with Crippen molar-refractivity contribution in [3.63, 3.8) is 0 Å². The Bertz CT molecular complexity index is 1090. The number of thiazole rings is 1. The van der Waals surface area contributed by atoms with E-state index in [1.807, 2.05) is 41.8 Å². The topological polar surface area (TPSA) is 69.9 Å². The van der Waals surface area contributed by atoms with Crippen molar-refractivity contribution in [3.8, 4) is 16.3 Å². The maximum atomic E-state index is 12.5. The predicted molar refractivity (Wildman–Crippen MR) is 97.0 cm³/mol. The van der Waals surface area contributed by atoms with Crippen LogP contribution in [0.2, 0.25) is 0 Å². The molecule has 7 heteroatoms. The number of hydrogen-bond acceptors (Lipinski definition) is 6. The molecular weight excluding hydrogens is 336 g/mol. The first-order valence-electron chi connectivity index (χ1n) is 7.66. The summed E-state index contributed by atoms with van der Waals surface area (Å²) in [6.45, 7) is 0.295. The number of hydrogen-bond donors (Lipinski definition) is 0. The fourth-order valence-electron chi connectivity index (χ4n) is 2.53. The zero-order valence-corrected chi connectivity index (χ0v) is 14.2. The van der Waals surface area contributed by atoms with Gasteiger partial charge in [-0.25, -0.2) is 9.67 Å². The van der Waals surface area contributed by atoms with Gasteiger partial charge in [-0.05, 0) is 36.4 Å². The largest absolute Gasteiger partial charge is 0.497 e. The van der Waals surface area contributed by atoms with E-state index in [-0.39, 0.29) is 5.56 Å². The lowest BCUT2D eigenvalue weighted by atomic mass is 10.2. The van der Waals surface area contributed by atoms with Crippen molar-refractivity contribution in [2.75, 3.05) is 7.11 Å². The smallest absolute Gasteiger partial charge is 0.277 e. The lowest BCUT2D eigenvalue weighted by Crippen LogP contribution is -2.24. The zero-order chi connectivity index (χ0) is 17.2. The first kappa shape index (κ1) is 15.5. The first-order chi connectivity index (χ1) is 12.2. The van der Waals surface area contributed by atoms with Gasteiger partial charge in [-0.15, -0.1) is 16.4 Å². The Morgan fingerprint density at radius 2 is 1.92 bits per heavy atom. The lowest BCUT2D eigenvalue weighted by molar-refractivity contribution is 0.415. The summed E-state index contributed by atoms with van der Waals surface area (Å²) in [5, 5.41) is 11.5. The Balaban J connectivity index is 1.63. The van der Waals surface area contributed by atoms with E-state index in [0.717, 1.165) is 22.0 Å². The standard InChI is InChI=1S/C18H14N4O2S/c1-24-14-8-6-12(7-9-14)17-19-13(11-25-17)10-22-18(23)15-4-2-3-5-16(15)20-21-22/h2-9,11H,10H2,1H3. The van der Waals surface area contributed by atoms with Crippen LogP contribution in [0.5, 0.6) is 5.75 Å². The van der Waals surface area contributed by atoms with E-state index in [1.54, 1.807) is 19.2 Å². The van der Waals surface area contributed by atoms with Gasteiger partial charge in [0, 0.05) is 10.9 Å². The van der Waals surface area contributed by atoms with Crippen LogP contribution in [0.3, 0.4) is 0 Å². The molecule has 0 fully saturated rings. The highest BCUT2D eigenvalue weighted by Gasteiger charge is 2.09. The van der Waals surface area contributed by atoms with Crippen molar-refractivity contribution in [3.05, 3.63) is 70.0 Å². The summed E-state index contributed by atoms with van der Waals surface area (Å²) in [6, 6.07) is 14.9. The van der Waals surface area contributed by atoms with Crippen LogP contribution in [0.15, 0.2) is 58.7 Å². The Labute approximate surface area is 147 Å². The maximum Gasteiger partial charge on any atom is 0.277 e. The van der Waals surface area contributed by atoms with E-state index in [2.05, 4.69) is 15.3 Å². The minimum absolute atomic E-state index is 0.162. The lowest BCUT2D eigenvalue weighted by Gasteiger charge is -2.02. The van der Waals surface area contributed by atoms with Crippen molar-refractivity contribution < 1.29 is 4.74 Å². The molecule has 124 valence electrons. The summed E-state index contributed by atoms with van der Waals surface area (Å²) in [5.74, 6) is 0.804. The number of methoxy groups -OCH3 is 1. The molecule has 25 heavy (non-hydrogen) atoms. The van der Waals surface area contributed by atoms with E-state index >= 15 is 0 Å². The highest BCUT2D eigenvalue weighted by atomic mass is 32.1. The van der Waals surface area contributed by atoms with Gasteiger partial charge in [-0.3, -0.25) is 4.79 Å². The van der Waals surface area contributed by atoms with Gasteiger partial charge in [0.15, 0.2) is 0 Å². The van der Waals surface area contributed by atoms with Crippen molar-refractivity contribution >= 4 is 22.2 Å². The molecule has 0 amide bonds. The molecule has 4 rings (SSSR count). The summed E-state index contributed by atoms with van der Waals surface area (Å²) in [7, 11) is 1.64. The van der Waals surface area contributed by atoms with Crippen molar-refractivity contribution in [1.29, 1.82) is 0 Å². The molecule has 0 radical (unpaired) electrons. The van der Waals surface area contributed by atoms with Crippen molar-refractivity contribution in [1.82, 2.24) is 20.0 Å². The second kappa shape index (κ2) is 6.45. The molecule has 0 aliphatic rings. The number of fused-ring (bicyclic) bond motifs is 1. The molecule has 6 nitrogen and oxygen atoms in total. The van der Waals surface area contributed by atoms with Gasteiger partial charge >= 0.3 is 0 Å². The zero-order valence-electron chi connectivity index (χ0n) is 13.4. The van der Waals surface area contributed by atoms with Crippen LogP contribution in [-0.2, 0) is 6.54 Å². The second-order valence-electron chi connectivity index (χ2n) is 5.44. The molecular formula is C18H14N4O2S. The number of rotatable bonds is 4. The minimum Gasteiger partial charge on any atom is -0.497 e. The Morgan fingerprint density at radius 3 is 2.72 bits per heavy atom. The Kier molecular flexibility index (Phi) is 3.99. The summed E-state index contributed by atoms with van der Waals surface area (Å²) in [6.07, 6.45) is 0. The van der Waals surface area contributed by atoms with Gasteiger partial charge in [0.1, 0.15) is 16.3 Å². The van der Waals surface area contributed by atoms with Gasteiger partial charge in [-0.1, -0.05) is 17.3 Å².